The molecule has 0 saturated heterocycles. The minimum Gasteiger partial charge on any atom is -0.481 e. The zero-order chi connectivity index (χ0) is 14.3. The summed E-state index contributed by atoms with van der Waals surface area (Å²) >= 11 is 0. The highest BCUT2D eigenvalue weighted by Crippen LogP contribution is 2.11. The van der Waals surface area contributed by atoms with Crippen LogP contribution in [0.4, 0.5) is 10.5 Å². The first-order valence-corrected chi connectivity index (χ1v) is 5.43. The van der Waals surface area contributed by atoms with Crippen LogP contribution in [0.1, 0.15) is 5.56 Å². The standard InChI is InChI=1S/C12H14N2O5/c1-19-11(17)7-13-12(18)14-9-4-2-3-8(5-9)6-10(15)16/h2-5H,6-7H2,1H3,(H,15,16)(H2,13,14,18). The molecule has 0 heterocycles. The predicted molar refractivity (Wildman–Crippen MR) is 66.8 cm³/mol. The number of carboxylic acids is 1. The first kappa shape index (κ1) is 14.5. The summed E-state index contributed by atoms with van der Waals surface area (Å²) < 4.78 is 4.37. The number of carbonyl (C=O) groups excluding carboxylic acids is 2. The Hall–Kier alpha value is -2.57. The lowest BCUT2D eigenvalue weighted by Crippen LogP contribution is -2.33. The van der Waals surface area contributed by atoms with Gasteiger partial charge in [-0.1, -0.05) is 12.1 Å². The zero-order valence-corrected chi connectivity index (χ0v) is 10.3. The number of benzene rings is 1. The average molecular weight is 266 g/mol. The van der Waals surface area contributed by atoms with Crippen molar-refractivity contribution >= 4 is 23.7 Å². The largest absolute Gasteiger partial charge is 0.481 e. The van der Waals surface area contributed by atoms with Gasteiger partial charge in [-0.15, -0.1) is 0 Å². The summed E-state index contributed by atoms with van der Waals surface area (Å²) in [6, 6.07) is 5.87. The van der Waals surface area contributed by atoms with E-state index >= 15 is 0 Å². The van der Waals surface area contributed by atoms with Crippen LogP contribution in [0.3, 0.4) is 0 Å². The van der Waals surface area contributed by atoms with Crippen molar-refractivity contribution in [3.05, 3.63) is 29.8 Å². The molecule has 0 spiro atoms. The van der Waals surface area contributed by atoms with E-state index in [0.717, 1.165) is 0 Å². The van der Waals surface area contributed by atoms with Gasteiger partial charge >= 0.3 is 18.0 Å². The van der Waals surface area contributed by atoms with Gasteiger partial charge < -0.3 is 20.5 Å². The van der Waals surface area contributed by atoms with Gasteiger partial charge in [0.1, 0.15) is 6.54 Å². The number of carboxylic acid groups (broad SMARTS) is 1. The molecule has 0 bridgehead atoms. The van der Waals surface area contributed by atoms with Crippen LogP contribution in [0, 0.1) is 0 Å². The van der Waals surface area contributed by atoms with Crippen LogP contribution in [-0.2, 0) is 20.7 Å². The molecule has 0 saturated carbocycles. The van der Waals surface area contributed by atoms with Crippen molar-refractivity contribution < 1.29 is 24.2 Å². The maximum Gasteiger partial charge on any atom is 0.325 e. The van der Waals surface area contributed by atoms with E-state index in [-0.39, 0.29) is 13.0 Å². The van der Waals surface area contributed by atoms with Crippen LogP contribution in [0.25, 0.3) is 0 Å². The van der Waals surface area contributed by atoms with Crippen LogP contribution in [-0.4, -0.2) is 36.7 Å². The molecule has 19 heavy (non-hydrogen) atoms. The Labute approximate surface area is 109 Å². The third-order valence-electron chi connectivity index (χ3n) is 2.16. The number of aliphatic carboxylic acids is 1. The van der Waals surface area contributed by atoms with Gasteiger partial charge in [-0.3, -0.25) is 9.59 Å². The fourth-order valence-electron chi connectivity index (χ4n) is 1.33. The molecule has 7 heteroatoms. The monoisotopic (exact) mass is 266 g/mol. The zero-order valence-electron chi connectivity index (χ0n) is 10.3. The molecular formula is C12H14N2O5. The lowest BCUT2D eigenvalue weighted by molar-refractivity contribution is -0.139. The highest BCUT2D eigenvalue weighted by Gasteiger charge is 2.06. The van der Waals surface area contributed by atoms with Crippen LogP contribution in [0.5, 0.6) is 0 Å². The quantitative estimate of drug-likeness (QED) is 0.677. The maximum absolute atomic E-state index is 11.4. The van der Waals surface area contributed by atoms with Gasteiger partial charge in [0.25, 0.3) is 0 Å². The minimum absolute atomic E-state index is 0.126. The van der Waals surface area contributed by atoms with Gasteiger partial charge in [0, 0.05) is 5.69 Å². The summed E-state index contributed by atoms with van der Waals surface area (Å²) in [6.45, 7) is -0.239. The van der Waals surface area contributed by atoms with Gasteiger partial charge in [-0.2, -0.15) is 0 Å². The van der Waals surface area contributed by atoms with Crippen LogP contribution in [0.2, 0.25) is 0 Å². The third kappa shape index (κ3) is 5.53. The molecule has 2 amide bonds. The summed E-state index contributed by atoms with van der Waals surface area (Å²) in [7, 11) is 1.22. The molecule has 0 aliphatic carbocycles. The van der Waals surface area contributed by atoms with Crippen LogP contribution >= 0.6 is 0 Å². The fourth-order valence-corrected chi connectivity index (χ4v) is 1.33. The molecule has 0 aromatic heterocycles. The number of esters is 1. The number of anilines is 1. The summed E-state index contributed by atoms with van der Waals surface area (Å²) in [5, 5.41) is 13.4. The molecule has 1 rings (SSSR count). The number of rotatable bonds is 5. The highest BCUT2D eigenvalue weighted by atomic mass is 16.5. The van der Waals surface area contributed by atoms with Crippen molar-refractivity contribution in [1.29, 1.82) is 0 Å². The number of amides is 2. The number of urea groups is 1. The van der Waals surface area contributed by atoms with E-state index < -0.39 is 18.0 Å². The normalized spacial score (nSPS) is 9.53. The van der Waals surface area contributed by atoms with E-state index in [1.54, 1.807) is 24.3 Å². The molecule has 0 aliphatic rings. The Morgan fingerprint density at radius 3 is 2.68 bits per heavy atom. The Kier molecular flexibility index (Phi) is 5.34. The molecule has 7 nitrogen and oxygen atoms in total. The van der Waals surface area contributed by atoms with E-state index in [4.69, 9.17) is 5.11 Å². The Bertz CT molecular complexity index is 487. The van der Waals surface area contributed by atoms with E-state index in [1.165, 1.54) is 7.11 Å². The van der Waals surface area contributed by atoms with E-state index in [1.807, 2.05) is 0 Å². The lowest BCUT2D eigenvalue weighted by atomic mass is 10.1. The van der Waals surface area contributed by atoms with Crippen molar-refractivity contribution in [3.8, 4) is 0 Å². The number of hydrogen-bond acceptors (Lipinski definition) is 4. The molecule has 0 unspecified atom stereocenters. The van der Waals surface area contributed by atoms with Crippen LogP contribution in [0.15, 0.2) is 24.3 Å². The van der Waals surface area contributed by atoms with E-state index in [0.29, 0.717) is 11.3 Å². The molecule has 0 atom stereocenters. The van der Waals surface area contributed by atoms with Gasteiger partial charge in [0.05, 0.1) is 13.5 Å². The molecule has 1 aromatic carbocycles. The van der Waals surface area contributed by atoms with Crippen molar-refractivity contribution in [2.75, 3.05) is 19.0 Å². The molecule has 102 valence electrons. The molecule has 3 N–H and O–H groups in total. The first-order valence-electron chi connectivity index (χ1n) is 5.43. The highest BCUT2D eigenvalue weighted by molar-refractivity contribution is 5.91. The number of nitrogens with one attached hydrogen (secondary N) is 2. The molecule has 0 fully saturated rings. The SMILES string of the molecule is COC(=O)CNC(=O)Nc1cccc(CC(=O)O)c1. The Morgan fingerprint density at radius 2 is 2.05 bits per heavy atom. The van der Waals surface area contributed by atoms with Gasteiger partial charge in [0.2, 0.25) is 0 Å². The summed E-state index contributed by atoms with van der Waals surface area (Å²) in [5.41, 5.74) is 1.01. The maximum atomic E-state index is 11.4. The van der Waals surface area contributed by atoms with E-state index in [9.17, 15) is 14.4 Å². The number of methoxy groups -OCH3 is 1. The summed E-state index contributed by atoms with van der Waals surface area (Å²) in [5.74, 6) is -1.51. The van der Waals surface area contributed by atoms with Crippen molar-refractivity contribution in [3.63, 3.8) is 0 Å². The summed E-state index contributed by atoms with van der Waals surface area (Å²) in [4.78, 5) is 32.8. The van der Waals surface area contributed by atoms with Gasteiger partial charge in [0.15, 0.2) is 0 Å². The van der Waals surface area contributed by atoms with Crippen molar-refractivity contribution in [2.24, 2.45) is 0 Å². The van der Waals surface area contributed by atoms with E-state index in [2.05, 4.69) is 15.4 Å². The Balaban J connectivity index is 2.54. The second-order valence-corrected chi connectivity index (χ2v) is 3.65. The first-order chi connectivity index (χ1) is 9.01. The Morgan fingerprint density at radius 1 is 1.32 bits per heavy atom. The van der Waals surface area contributed by atoms with Crippen molar-refractivity contribution in [2.45, 2.75) is 6.42 Å². The third-order valence-corrected chi connectivity index (χ3v) is 2.16. The van der Waals surface area contributed by atoms with Crippen molar-refractivity contribution in [1.82, 2.24) is 5.32 Å². The molecule has 1 aromatic rings. The van der Waals surface area contributed by atoms with Gasteiger partial charge in [-0.25, -0.2) is 4.79 Å². The smallest absolute Gasteiger partial charge is 0.325 e. The minimum atomic E-state index is -0.952. The predicted octanol–water partition coefficient (Wildman–Crippen LogP) is 0.608. The second-order valence-electron chi connectivity index (χ2n) is 3.65. The number of hydrogen-bond donors (Lipinski definition) is 3. The van der Waals surface area contributed by atoms with Crippen LogP contribution < -0.4 is 10.6 Å². The lowest BCUT2D eigenvalue weighted by Gasteiger charge is -2.07. The number of ether oxygens (including phenoxy) is 1. The second kappa shape index (κ2) is 7.00. The summed E-state index contributed by atoms with van der Waals surface area (Å²) in [6.07, 6.45) is -0.126. The average Bonchev–Trinajstić information content (AvgIpc) is 2.35. The molecule has 0 radical (unpaired) electrons. The van der Waals surface area contributed by atoms with Gasteiger partial charge in [-0.05, 0) is 17.7 Å². The topological polar surface area (TPSA) is 105 Å². The molecular weight excluding hydrogens is 252 g/mol. The molecule has 0 aliphatic heterocycles. The fraction of sp³-hybridized carbons (Fsp3) is 0.250. The number of carbonyl (C=O) groups is 3.